The van der Waals surface area contributed by atoms with E-state index in [0.717, 1.165) is 33.6 Å². The number of carbonyl (C=O) groups is 1. The number of hydrogen-bond acceptors (Lipinski definition) is 4. The van der Waals surface area contributed by atoms with E-state index in [1.807, 2.05) is 52.0 Å². The first kappa shape index (κ1) is 22.3. The van der Waals surface area contributed by atoms with E-state index in [4.69, 9.17) is 4.74 Å². The molecule has 0 unspecified atom stereocenters. The minimum atomic E-state index is -3.57. The fraction of sp³-hybridized carbons (Fsp3) is 0.435. The molecule has 30 heavy (non-hydrogen) atoms. The largest absolute Gasteiger partial charge is 0.483 e. The normalized spacial score (nSPS) is 15.3. The molecule has 1 amide bonds. The maximum Gasteiger partial charge on any atom is 0.260 e. The van der Waals surface area contributed by atoms with Gasteiger partial charge in [-0.05, 0) is 68.5 Å². The van der Waals surface area contributed by atoms with Crippen molar-refractivity contribution in [3.8, 4) is 5.75 Å². The third kappa shape index (κ3) is 4.52. The van der Waals surface area contributed by atoms with Crippen molar-refractivity contribution < 1.29 is 17.9 Å². The van der Waals surface area contributed by atoms with Crippen molar-refractivity contribution in [1.82, 2.24) is 9.21 Å². The predicted molar refractivity (Wildman–Crippen MR) is 117 cm³/mol. The van der Waals surface area contributed by atoms with Crippen LogP contribution in [0.3, 0.4) is 0 Å². The van der Waals surface area contributed by atoms with Gasteiger partial charge in [-0.15, -0.1) is 0 Å². The van der Waals surface area contributed by atoms with Crippen molar-refractivity contribution in [2.24, 2.45) is 0 Å². The second-order valence-corrected chi connectivity index (χ2v) is 9.90. The van der Waals surface area contributed by atoms with E-state index in [-0.39, 0.29) is 25.6 Å². The van der Waals surface area contributed by atoms with E-state index < -0.39 is 10.0 Å². The van der Waals surface area contributed by atoms with Crippen molar-refractivity contribution in [2.45, 2.75) is 39.5 Å². The van der Waals surface area contributed by atoms with Gasteiger partial charge in [0.05, 0.1) is 4.90 Å². The lowest BCUT2D eigenvalue weighted by atomic mass is 10.1. The molecule has 162 valence electrons. The second kappa shape index (κ2) is 8.78. The molecule has 7 heteroatoms. The standard InChI is InChI=1S/C23H30N2O4S/c1-16-6-7-18(3)21(14-16)30(27,28)25-12-10-24(11-13-25)22(26)15-29-23-19(4)9-8-17(2)20(23)5/h6-9,14H,10-13,15H2,1-5H3. The highest BCUT2D eigenvalue weighted by Crippen LogP contribution is 2.26. The van der Waals surface area contributed by atoms with Crippen molar-refractivity contribution in [2.75, 3.05) is 32.8 Å². The van der Waals surface area contributed by atoms with Gasteiger partial charge in [-0.25, -0.2) is 8.42 Å². The molecule has 1 saturated heterocycles. The first-order valence-corrected chi connectivity index (χ1v) is 11.6. The van der Waals surface area contributed by atoms with Gasteiger partial charge in [0.15, 0.2) is 6.61 Å². The lowest BCUT2D eigenvalue weighted by Crippen LogP contribution is -2.51. The van der Waals surface area contributed by atoms with Crippen LogP contribution in [0.15, 0.2) is 35.2 Å². The number of carbonyl (C=O) groups excluding carboxylic acids is 1. The van der Waals surface area contributed by atoms with Gasteiger partial charge in [-0.2, -0.15) is 4.31 Å². The lowest BCUT2D eigenvalue weighted by Gasteiger charge is -2.34. The zero-order chi connectivity index (χ0) is 22.1. The molecule has 0 radical (unpaired) electrons. The Balaban J connectivity index is 1.62. The van der Waals surface area contributed by atoms with E-state index in [9.17, 15) is 13.2 Å². The van der Waals surface area contributed by atoms with Gasteiger partial charge in [0.2, 0.25) is 10.0 Å². The zero-order valence-electron chi connectivity index (χ0n) is 18.4. The molecule has 0 aromatic heterocycles. The molecule has 2 aromatic rings. The second-order valence-electron chi connectivity index (χ2n) is 8.00. The molecule has 0 atom stereocenters. The summed E-state index contributed by atoms with van der Waals surface area (Å²) in [6.07, 6.45) is 0. The number of piperazine rings is 1. The van der Waals surface area contributed by atoms with E-state index in [1.54, 1.807) is 17.9 Å². The van der Waals surface area contributed by atoms with Gasteiger partial charge >= 0.3 is 0 Å². The van der Waals surface area contributed by atoms with Gasteiger partial charge in [0.25, 0.3) is 5.91 Å². The Hall–Kier alpha value is -2.38. The van der Waals surface area contributed by atoms with E-state index >= 15 is 0 Å². The first-order valence-electron chi connectivity index (χ1n) is 10.2. The number of hydrogen-bond donors (Lipinski definition) is 0. The minimum Gasteiger partial charge on any atom is -0.483 e. The summed E-state index contributed by atoms with van der Waals surface area (Å²) in [4.78, 5) is 14.7. The molecule has 0 N–H and O–H groups in total. The summed E-state index contributed by atoms with van der Waals surface area (Å²) >= 11 is 0. The van der Waals surface area contributed by atoms with Gasteiger partial charge in [-0.3, -0.25) is 4.79 Å². The average Bonchev–Trinajstić information content (AvgIpc) is 2.72. The first-order chi connectivity index (χ1) is 14.1. The van der Waals surface area contributed by atoms with Crippen LogP contribution in [0.25, 0.3) is 0 Å². The monoisotopic (exact) mass is 430 g/mol. The van der Waals surface area contributed by atoms with E-state index in [1.165, 1.54) is 4.31 Å². The molecule has 2 aromatic carbocycles. The van der Waals surface area contributed by atoms with Gasteiger partial charge in [0, 0.05) is 26.2 Å². The molecule has 1 aliphatic heterocycles. The predicted octanol–water partition coefficient (Wildman–Crippen LogP) is 3.14. The quantitative estimate of drug-likeness (QED) is 0.731. The molecule has 1 fully saturated rings. The van der Waals surface area contributed by atoms with Crippen LogP contribution in [0.5, 0.6) is 5.75 Å². The van der Waals surface area contributed by atoms with Crippen LogP contribution in [0.1, 0.15) is 27.8 Å². The summed E-state index contributed by atoms with van der Waals surface area (Å²) in [6, 6.07) is 9.47. The van der Waals surface area contributed by atoms with Crippen LogP contribution in [0, 0.1) is 34.6 Å². The molecule has 3 rings (SSSR count). The van der Waals surface area contributed by atoms with Crippen molar-refractivity contribution in [3.63, 3.8) is 0 Å². The van der Waals surface area contributed by atoms with Gasteiger partial charge in [0.1, 0.15) is 5.75 Å². The summed E-state index contributed by atoms with van der Waals surface area (Å²) in [6.45, 7) is 10.9. The van der Waals surface area contributed by atoms with Crippen LogP contribution < -0.4 is 4.74 Å². The minimum absolute atomic E-state index is 0.0468. The highest BCUT2D eigenvalue weighted by Gasteiger charge is 2.31. The van der Waals surface area contributed by atoms with Crippen molar-refractivity contribution in [3.05, 3.63) is 58.1 Å². The number of amides is 1. The Morgan fingerprint density at radius 2 is 1.50 bits per heavy atom. The van der Waals surface area contributed by atoms with Gasteiger partial charge in [-0.1, -0.05) is 24.3 Å². The summed E-state index contributed by atoms with van der Waals surface area (Å²) in [7, 11) is -3.57. The molecule has 0 bridgehead atoms. The molecular formula is C23H30N2O4S. The summed E-state index contributed by atoms with van der Waals surface area (Å²) in [5.41, 5.74) is 4.79. The average molecular weight is 431 g/mol. The Morgan fingerprint density at radius 3 is 2.17 bits per heavy atom. The SMILES string of the molecule is Cc1ccc(C)c(S(=O)(=O)N2CCN(C(=O)COc3c(C)ccc(C)c3C)CC2)c1. The lowest BCUT2D eigenvalue weighted by molar-refractivity contribution is -0.134. The maximum absolute atomic E-state index is 13.1. The fourth-order valence-corrected chi connectivity index (χ4v) is 5.41. The molecule has 0 aliphatic carbocycles. The van der Waals surface area contributed by atoms with Crippen LogP contribution in [-0.4, -0.2) is 56.3 Å². The Kier molecular flexibility index (Phi) is 6.53. The Labute approximate surface area is 179 Å². The zero-order valence-corrected chi connectivity index (χ0v) is 19.2. The van der Waals surface area contributed by atoms with Crippen LogP contribution in [-0.2, 0) is 14.8 Å². The fourth-order valence-electron chi connectivity index (χ4n) is 3.67. The molecule has 0 saturated carbocycles. The van der Waals surface area contributed by atoms with Crippen LogP contribution >= 0.6 is 0 Å². The topological polar surface area (TPSA) is 66.9 Å². The highest BCUT2D eigenvalue weighted by atomic mass is 32.2. The van der Waals surface area contributed by atoms with Crippen LogP contribution in [0.4, 0.5) is 0 Å². The smallest absolute Gasteiger partial charge is 0.260 e. The Bertz CT molecular complexity index is 1060. The summed E-state index contributed by atoms with van der Waals surface area (Å²) < 4.78 is 33.4. The number of benzene rings is 2. The van der Waals surface area contributed by atoms with Gasteiger partial charge < -0.3 is 9.64 Å². The maximum atomic E-state index is 13.1. The molecule has 1 aliphatic rings. The number of aryl methyl sites for hydroxylation is 4. The highest BCUT2D eigenvalue weighted by molar-refractivity contribution is 7.89. The molecule has 0 spiro atoms. The summed E-state index contributed by atoms with van der Waals surface area (Å²) in [5, 5.41) is 0. The molecule has 6 nitrogen and oxygen atoms in total. The third-order valence-corrected chi connectivity index (χ3v) is 7.81. The molecule has 1 heterocycles. The molecular weight excluding hydrogens is 400 g/mol. The van der Waals surface area contributed by atoms with Crippen molar-refractivity contribution >= 4 is 15.9 Å². The Morgan fingerprint density at radius 1 is 0.900 bits per heavy atom. The van der Waals surface area contributed by atoms with E-state index in [0.29, 0.717) is 18.0 Å². The third-order valence-electron chi connectivity index (χ3n) is 5.77. The van der Waals surface area contributed by atoms with Crippen LogP contribution in [0.2, 0.25) is 0 Å². The number of sulfonamides is 1. The number of rotatable bonds is 5. The number of nitrogens with zero attached hydrogens (tertiary/aromatic N) is 2. The van der Waals surface area contributed by atoms with E-state index in [2.05, 4.69) is 0 Å². The number of ether oxygens (including phenoxy) is 1. The van der Waals surface area contributed by atoms with Crippen molar-refractivity contribution in [1.29, 1.82) is 0 Å². The summed E-state index contributed by atoms with van der Waals surface area (Å²) in [5.74, 6) is 0.624.